The minimum Gasteiger partial charge on any atom is -0.362 e. The minimum atomic E-state index is 0.643. The summed E-state index contributed by atoms with van der Waals surface area (Å²) in [7, 11) is 0. The molecule has 0 spiro atoms. The fourth-order valence-electron chi connectivity index (χ4n) is 2.23. The van der Waals surface area contributed by atoms with Gasteiger partial charge in [0.05, 0.1) is 5.69 Å². The van der Waals surface area contributed by atoms with E-state index in [2.05, 4.69) is 32.5 Å². The topological polar surface area (TPSA) is 65.6 Å². The van der Waals surface area contributed by atoms with Crippen LogP contribution in [0.25, 0.3) is 22.3 Å². The van der Waals surface area contributed by atoms with E-state index < -0.39 is 0 Å². The van der Waals surface area contributed by atoms with E-state index in [0.29, 0.717) is 5.11 Å². The average Bonchev–Trinajstić information content (AvgIpc) is 3.02. The molecule has 3 aromatic rings. The monoisotopic (exact) mass is 311 g/mol. The summed E-state index contributed by atoms with van der Waals surface area (Å²) in [4.78, 5) is 11.7. The summed E-state index contributed by atoms with van der Waals surface area (Å²) in [6.45, 7) is 2.98. The quantitative estimate of drug-likeness (QED) is 0.645. The van der Waals surface area contributed by atoms with Crippen LogP contribution in [0, 0.1) is 0 Å². The maximum Gasteiger partial charge on any atom is 0.170 e. The Labute approximate surface area is 134 Å². The molecule has 112 valence electrons. The second-order valence-corrected chi connectivity index (χ2v) is 5.33. The van der Waals surface area contributed by atoms with E-state index in [-0.39, 0.29) is 0 Å². The Balaban J connectivity index is 1.79. The lowest BCUT2D eigenvalue weighted by molar-refractivity contribution is 0.846. The van der Waals surface area contributed by atoms with E-state index in [1.54, 1.807) is 6.33 Å². The summed E-state index contributed by atoms with van der Waals surface area (Å²) in [5, 5.41) is 7.97. The second-order valence-electron chi connectivity index (χ2n) is 4.92. The summed E-state index contributed by atoms with van der Waals surface area (Å²) in [5.41, 5.74) is 3.77. The smallest absolute Gasteiger partial charge is 0.170 e. The lowest BCUT2D eigenvalue weighted by Gasteiger charge is -2.10. The van der Waals surface area contributed by atoms with Gasteiger partial charge in [-0.3, -0.25) is 0 Å². The van der Waals surface area contributed by atoms with Gasteiger partial charge in [0.15, 0.2) is 5.11 Å². The maximum atomic E-state index is 5.23. The van der Waals surface area contributed by atoms with Crippen LogP contribution in [0.1, 0.15) is 13.3 Å². The highest BCUT2D eigenvalue weighted by Gasteiger charge is 2.07. The van der Waals surface area contributed by atoms with E-state index >= 15 is 0 Å². The molecule has 0 aliphatic heterocycles. The largest absolute Gasteiger partial charge is 0.362 e. The molecule has 1 aromatic carbocycles. The minimum absolute atomic E-state index is 0.643. The predicted octanol–water partition coefficient (Wildman–Crippen LogP) is 3.32. The molecule has 0 saturated carbocycles. The molecule has 0 unspecified atom stereocenters. The summed E-state index contributed by atoms with van der Waals surface area (Å²) in [5.74, 6) is 0. The summed E-state index contributed by atoms with van der Waals surface area (Å²) in [6.07, 6.45) is 4.49. The van der Waals surface area contributed by atoms with Gasteiger partial charge in [-0.05, 0) is 36.8 Å². The molecule has 0 bridgehead atoms. The average molecular weight is 311 g/mol. The van der Waals surface area contributed by atoms with Crippen molar-refractivity contribution in [2.45, 2.75) is 13.3 Å². The number of H-pyrrole nitrogens is 1. The van der Waals surface area contributed by atoms with Gasteiger partial charge in [0.25, 0.3) is 0 Å². The van der Waals surface area contributed by atoms with Crippen LogP contribution in [0.15, 0.2) is 42.9 Å². The van der Waals surface area contributed by atoms with Crippen LogP contribution in [0.3, 0.4) is 0 Å². The van der Waals surface area contributed by atoms with Crippen LogP contribution >= 0.6 is 12.2 Å². The van der Waals surface area contributed by atoms with Gasteiger partial charge in [0, 0.05) is 29.4 Å². The molecule has 3 N–H and O–H groups in total. The van der Waals surface area contributed by atoms with Crippen LogP contribution in [0.5, 0.6) is 0 Å². The van der Waals surface area contributed by atoms with Gasteiger partial charge in [0.1, 0.15) is 12.0 Å². The Kier molecular flexibility index (Phi) is 4.29. The first-order chi connectivity index (χ1) is 10.8. The van der Waals surface area contributed by atoms with Crippen LogP contribution in [0.4, 0.5) is 5.69 Å². The number of hydrogen-bond donors (Lipinski definition) is 3. The zero-order valence-electron chi connectivity index (χ0n) is 12.3. The van der Waals surface area contributed by atoms with E-state index in [1.165, 1.54) is 0 Å². The normalized spacial score (nSPS) is 10.6. The Bertz CT molecular complexity index is 779. The molecule has 0 aliphatic rings. The van der Waals surface area contributed by atoms with Crippen molar-refractivity contribution in [1.29, 1.82) is 0 Å². The molecule has 0 radical (unpaired) electrons. The number of benzene rings is 1. The standard InChI is InChI=1S/C16H17N5S/c1-2-8-18-16(22)21-12-5-3-11(4-6-12)14-13-7-9-17-15(13)20-10-19-14/h3-7,9-10H,2,8H2,1H3,(H,17,19,20)(H2,18,21,22). The highest BCUT2D eigenvalue weighted by atomic mass is 32.1. The number of anilines is 1. The predicted molar refractivity (Wildman–Crippen MR) is 93.8 cm³/mol. The molecule has 22 heavy (non-hydrogen) atoms. The Morgan fingerprint density at radius 2 is 2.00 bits per heavy atom. The molecular weight excluding hydrogens is 294 g/mol. The number of fused-ring (bicyclic) bond motifs is 1. The molecule has 0 amide bonds. The number of thiocarbonyl (C=S) groups is 1. The van der Waals surface area contributed by atoms with Crippen LogP contribution < -0.4 is 10.6 Å². The number of nitrogens with zero attached hydrogens (tertiary/aromatic N) is 2. The third-order valence-corrected chi connectivity index (χ3v) is 3.55. The van der Waals surface area contributed by atoms with Crippen LogP contribution in [0.2, 0.25) is 0 Å². The lowest BCUT2D eigenvalue weighted by atomic mass is 10.1. The molecule has 2 heterocycles. The van der Waals surface area contributed by atoms with Gasteiger partial charge in [-0.25, -0.2) is 9.97 Å². The van der Waals surface area contributed by atoms with E-state index in [0.717, 1.165) is 40.9 Å². The van der Waals surface area contributed by atoms with E-state index in [1.807, 2.05) is 36.5 Å². The highest BCUT2D eigenvalue weighted by Crippen LogP contribution is 2.25. The van der Waals surface area contributed by atoms with Gasteiger partial charge < -0.3 is 15.6 Å². The molecule has 0 fully saturated rings. The van der Waals surface area contributed by atoms with Crippen molar-refractivity contribution in [2.24, 2.45) is 0 Å². The fourth-order valence-corrected chi connectivity index (χ4v) is 2.45. The second kappa shape index (κ2) is 6.53. The molecule has 6 heteroatoms. The summed E-state index contributed by atoms with van der Waals surface area (Å²) in [6, 6.07) is 10.0. The lowest BCUT2D eigenvalue weighted by Crippen LogP contribution is -2.28. The van der Waals surface area contributed by atoms with E-state index in [9.17, 15) is 0 Å². The van der Waals surface area contributed by atoms with Gasteiger partial charge >= 0.3 is 0 Å². The number of hydrogen-bond acceptors (Lipinski definition) is 3. The van der Waals surface area contributed by atoms with Crippen molar-refractivity contribution in [3.8, 4) is 11.3 Å². The number of rotatable bonds is 4. The third kappa shape index (κ3) is 3.07. The van der Waals surface area contributed by atoms with Gasteiger partial charge in [-0.2, -0.15) is 0 Å². The first-order valence-electron chi connectivity index (χ1n) is 7.21. The fraction of sp³-hybridized carbons (Fsp3) is 0.188. The van der Waals surface area contributed by atoms with E-state index in [4.69, 9.17) is 12.2 Å². The van der Waals surface area contributed by atoms with Crippen molar-refractivity contribution in [1.82, 2.24) is 20.3 Å². The molecular formula is C16H17N5S. The Morgan fingerprint density at radius 3 is 2.77 bits per heavy atom. The van der Waals surface area contributed by atoms with Crippen molar-refractivity contribution < 1.29 is 0 Å². The van der Waals surface area contributed by atoms with Crippen molar-refractivity contribution in [3.63, 3.8) is 0 Å². The molecule has 0 aliphatic carbocycles. The summed E-state index contributed by atoms with van der Waals surface area (Å²) < 4.78 is 0. The van der Waals surface area contributed by atoms with Crippen molar-refractivity contribution in [2.75, 3.05) is 11.9 Å². The van der Waals surface area contributed by atoms with Crippen LogP contribution in [-0.2, 0) is 0 Å². The highest BCUT2D eigenvalue weighted by molar-refractivity contribution is 7.80. The third-order valence-electron chi connectivity index (χ3n) is 3.31. The number of aromatic amines is 1. The maximum absolute atomic E-state index is 5.23. The molecule has 3 rings (SSSR count). The van der Waals surface area contributed by atoms with Crippen LogP contribution in [-0.4, -0.2) is 26.6 Å². The zero-order chi connectivity index (χ0) is 15.4. The molecule has 2 aromatic heterocycles. The Morgan fingerprint density at radius 1 is 1.18 bits per heavy atom. The molecule has 0 atom stereocenters. The SMILES string of the molecule is CCCNC(=S)Nc1ccc(-c2ncnc3[nH]ccc23)cc1. The van der Waals surface area contributed by atoms with Gasteiger partial charge in [0.2, 0.25) is 0 Å². The van der Waals surface area contributed by atoms with Crippen molar-refractivity contribution in [3.05, 3.63) is 42.9 Å². The summed E-state index contributed by atoms with van der Waals surface area (Å²) >= 11 is 5.23. The molecule has 0 saturated heterocycles. The van der Waals surface area contributed by atoms with Gasteiger partial charge in [-0.1, -0.05) is 19.1 Å². The molecule has 5 nitrogen and oxygen atoms in total. The van der Waals surface area contributed by atoms with Gasteiger partial charge in [-0.15, -0.1) is 0 Å². The number of nitrogens with one attached hydrogen (secondary N) is 3. The Hall–Kier alpha value is -2.47. The first kappa shape index (κ1) is 14.5. The number of aromatic nitrogens is 3. The zero-order valence-corrected chi connectivity index (χ0v) is 13.1. The first-order valence-corrected chi connectivity index (χ1v) is 7.62. The van der Waals surface area contributed by atoms with Crippen molar-refractivity contribution >= 4 is 34.1 Å².